The van der Waals surface area contributed by atoms with E-state index in [2.05, 4.69) is 20.0 Å². The Kier molecular flexibility index (Phi) is 4.78. The number of amides is 1. The Morgan fingerprint density at radius 3 is 2.77 bits per heavy atom. The fraction of sp³-hybridized carbons (Fsp3) is 0.176. The van der Waals surface area contributed by atoms with Crippen LogP contribution in [-0.4, -0.2) is 29.3 Å². The number of hydrogen-bond donors (Lipinski definition) is 2. The van der Waals surface area contributed by atoms with Gasteiger partial charge in [-0.1, -0.05) is 17.7 Å². The predicted molar refractivity (Wildman–Crippen MR) is 90.4 cm³/mol. The summed E-state index contributed by atoms with van der Waals surface area (Å²) in [6.07, 6.45) is -3.02. The first kappa shape index (κ1) is 18.1. The molecule has 136 valence electrons. The van der Waals surface area contributed by atoms with Gasteiger partial charge in [0.1, 0.15) is 5.75 Å². The molecule has 26 heavy (non-hydrogen) atoms. The van der Waals surface area contributed by atoms with Gasteiger partial charge in [-0.05, 0) is 29.8 Å². The molecule has 0 unspecified atom stereocenters. The zero-order valence-electron chi connectivity index (χ0n) is 13.4. The van der Waals surface area contributed by atoms with Crippen LogP contribution in [0, 0.1) is 0 Å². The summed E-state index contributed by atoms with van der Waals surface area (Å²) in [5.74, 6) is -0.727. The SMILES string of the molecule is CNC(=O)c1ccnc2cc(Cc3ccc(Cl)c(OC(F)(F)F)c3)[nH]c12. The summed E-state index contributed by atoms with van der Waals surface area (Å²) in [5, 5.41) is 2.41. The van der Waals surface area contributed by atoms with E-state index >= 15 is 0 Å². The van der Waals surface area contributed by atoms with Crippen molar-refractivity contribution in [2.75, 3.05) is 7.05 Å². The maximum Gasteiger partial charge on any atom is 0.573 e. The number of benzene rings is 1. The summed E-state index contributed by atoms with van der Waals surface area (Å²) in [7, 11) is 1.52. The number of hydrogen-bond acceptors (Lipinski definition) is 3. The highest BCUT2D eigenvalue weighted by Gasteiger charge is 2.32. The Balaban J connectivity index is 1.92. The molecule has 0 aliphatic heterocycles. The van der Waals surface area contributed by atoms with Crippen molar-refractivity contribution in [1.82, 2.24) is 15.3 Å². The van der Waals surface area contributed by atoms with Crippen molar-refractivity contribution in [3.05, 3.63) is 58.4 Å². The highest BCUT2D eigenvalue weighted by molar-refractivity contribution is 6.32. The molecule has 0 aliphatic rings. The monoisotopic (exact) mass is 383 g/mol. The molecular weight excluding hydrogens is 371 g/mol. The van der Waals surface area contributed by atoms with Gasteiger partial charge in [0.25, 0.3) is 5.91 Å². The van der Waals surface area contributed by atoms with E-state index in [-0.39, 0.29) is 17.4 Å². The van der Waals surface area contributed by atoms with Crippen LogP contribution in [0.25, 0.3) is 11.0 Å². The zero-order chi connectivity index (χ0) is 18.9. The van der Waals surface area contributed by atoms with Gasteiger partial charge in [-0.25, -0.2) is 0 Å². The Bertz CT molecular complexity index is 970. The Hall–Kier alpha value is -2.74. The Morgan fingerprint density at radius 2 is 2.08 bits per heavy atom. The third-order valence-electron chi connectivity index (χ3n) is 3.66. The molecule has 1 amide bonds. The molecule has 3 rings (SSSR count). The van der Waals surface area contributed by atoms with E-state index < -0.39 is 12.1 Å². The van der Waals surface area contributed by atoms with Crippen molar-refractivity contribution in [3.63, 3.8) is 0 Å². The van der Waals surface area contributed by atoms with Crippen LogP contribution in [0.4, 0.5) is 13.2 Å². The first-order valence-corrected chi connectivity index (χ1v) is 7.87. The summed E-state index contributed by atoms with van der Waals surface area (Å²) in [5.41, 5.74) is 2.82. The van der Waals surface area contributed by atoms with Gasteiger partial charge in [-0.3, -0.25) is 9.78 Å². The van der Waals surface area contributed by atoms with Crippen molar-refractivity contribution >= 4 is 28.5 Å². The van der Waals surface area contributed by atoms with Crippen molar-refractivity contribution in [1.29, 1.82) is 0 Å². The molecule has 2 aromatic heterocycles. The van der Waals surface area contributed by atoms with Crippen LogP contribution in [0.2, 0.25) is 5.02 Å². The Morgan fingerprint density at radius 1 is 1.31 bits per heavy atom. The molecule has 0 aliphatic carbocycles. The van der Waals surface area contributed by atoms with E-state index in [0.29, 0.717) is 27.9 Å². The summed E-state index contributed by atoms with van der Waals surface area (Å²) in [6, 6.07) is 7.49. The summed E-state index contributed by atoms with van der Waals surface area (Å²) >= 11 is 5.75. The number of rotatable bonds is 4. The van der Waals surface area contributed by atoms with Crippen LogP contribution in [0.5, 0.6) is 5.75 Å². The van der Waals surface area contributed by atoms with Gasteiger partial charge in [0.05, 0.1) is 21.6 Å². The predicted octanol–water partition coefficient (Wildman–Crippen LogP) is 4.07. The lowest BCUT2D eigenvalue weighted by Crippen LogP contribution is -2.18. The number of H-pyrrole nitrogens is 1. The first-order chi connectivity index (χ1) is 12.3. The third kappa shape index (κ3) is 3.91. The molecule has 2 heterocycles. The first-order valence-electron chi connectivity index (χ1n) is 7.49. The van der Waals surface area contributed by atoms with Crippen LogP contribution >= 0.6 is 11.6 Å². The van der Waals surface area contributed by atoms with Crippen LogP contribution < -0.4 is 10.1 Å². The number of ether oxygens (including phenoxy) is 1. The molecule has 5 nitrogen and oxygen atoms in total. The number of halogens is 4. The standard InChI is InChI=1S/C17H13ClF3N3O2/c1-22-16(25)11-4-5-23-13-8-10(24-15(11)13)6-9-2-3-12(18)14(7-9)26-17(19,20)21/h2-5,7-8,24H,6H2,1H3,(H,22,25). The molecule has 3 aromatic rings. The largest absolute Gasteiger partial charge is 0.573 e. The lowest BCUT2D eigenvalue weighted by molar-refractivity contribution is -0.274. The molecule has 0 saturated heterocycles. The summed E-state index contributed by atoms with van der Waals surface area (Å²) in [6.45, 7) is 0. The maximum absolute atomic E-state index is 12.4. The van der Waals surface area contributed by atoms with Crippen LogP contribution in [-0.2, 0) is 6.42 Å². The van der Waals surface area contributed by atoms with E-state index in [0.717, 1.165) is 0 Å². The van der Waals surface area contributed by atoms with Gasteiger partial charge in [0, 0.05) is 25.4 Å². The zero-order valence-corrected chi connectivity index (χ0v) is 14.2. The lowest BCUT2D eigenvalue weighted by Gasteiger charge is -2.11. The fourth-order valence-corrected chi connectivity index (χ4v) is 2.74. The topological polar surface area (TPSA) is 67.0 Å². The third-order valence-corrected chi connectivity index (χ3v) is 3.98. The average Bonchev–Trinajstić information content (AvgIpc) is 2.98. The second-order valence-electron chi connectivity index (χ2n) is 5.48. The van der Waals surface area contributed by atoms with Gasteiger partial charge in [0.15, 0.2) is 0 Å². The second-order valence-corrected chi connectivity index (χ2v) is 5.89. The number of carbonyl (C=O) groups is 1. The van der Waals surface area contributed by atoms with Gasteiger partial charge in [-0.15, -0.1) is 13.2 Å². The van der Waals surface area contributed by atoms with Crippen molar-refractivity contribution in [3.8, 4) is 5.75 Å². The van der Waals surface area contributed by atoms with Crippen LogP contribution in [0.3, 0.4) is 0 Å². The number of aromatic nitrogens is 2. The quantitative estimate of drug-likeness (QED) is 0.713. The molecule has 0 fully saturated rings. The highest BCUT2D eigenvalue weighted by atomic mass is 35.5. The van der Waals surface area contributed by atoms with Crippen LogP contribution in [0.15, 0.2) is 36.5 Å². The number of nitrogens with zero attached hydrogens (tertiary/aromatic N) is 1. The summed E-state index contributed by atoms with van der Waals surface area (Å²) in [4.78, 5) is 19.2. The number of carbonyl (C=O) groups excluding carboxylic acids is 1. The second kappa shape index (κ2) is 6.87. The lowest BCUT2D eigenvalue weighted by atomic mass is 10.1. The average molecular weight is 384 g/mol. The molecule has 9 heteroatoms. The van der Waals surface area contributed by atoms with Gasteiger partial charge >= 0.3 is 6.36 Å². The molecule has 0 bridgehead atoms. The fourth-order valence-electron chi connectivity index (χ4n) is 2.58. The number of alkyl halides is 3. The van der Waals surface area contributed by atoms with E-state index in [1.807, 2.05) is 0 Å². The number of aromatic amines is 1. The minimum Gasteiger partial charge on any atom is -0.404 e. The minimum atomic E-state index is -4.82. The molecule has 0 atom stereocenters. The van der Waals surface area contributed by atoms with Crippen LogP contribution in [0.1, 0.15) is 21.6 Å². The van der Waals surface area contributed by atoms with Crippen molar-refractivity contribution < 1.29 is 22.7 Å². The Labute approximate surface area is 151 Å². The van der Waals surface area contributed by atoms with Gasteiger partial charge in [0.2, 0.25) is 0 Å². The number of pyridine rings is 1. The van der Waals surface area contributed by atoms with Gasteiger partial charge < -0.3 is 15.0 Å². The molecule has 0 spiro atoms. The van der Waals surface area contributed by atoms with Crippen molar-refractivity contribution in [2.24, 2.45) is 0 Å². The molecule has 0 saturated carbocycles. The van der Waals surface area contributed by atoms with E-state index in [9.17, 15) is 18.0 Å². The van der Waals surface area contributed by atoms with E-state index in [1.54, 1.807) is 18.2 Å². The van der Waals surface area contributed by atoms with E-state index in [4.69, 9.17) is 11.6 Å². The summed E-state index contributed by atoms with van der Waals surface area (Å²) < 4.78 is 41.2. The van der Waals surface area contributed by atoms with E-state index in [1.165, 1.54) is 25.4 Å². The highest BCUT2D eigenvalue weighted by Crippen LogP contribution is 2.31. The maximum atomic E-state index is 12.4. The van der Waals surface area contributed by atoms with Gasteiger partial charge in [-0.2, -0.15) is 0 Å². The smallest absolute Gasteiger partial charge is 0.404 e. The number of fused-ring (bicyclic) bond motifs is 1. The van der Waals surface area contributed by atoms with Crippen molar-refractivity contribution in [2.45, 2.75) is 12.8 Å². The molecule has 2 N–H and O–H groups in total. The molecule has 1 aromatic carbocycles. The minimum absolute atomic E-state index is 0.133. The molecular formula is C17H13ClF3N3O2. The normalized spacial score (nSPS) is 11.6. The molecule has 0 radical (unpaired) electrons. The number of nitrogens with one attached hydrogen (secondary N) is 2.